The van der Waals surface area contributed by atoms with E-state index in [0.717, 1.165) is 12.8 Å². The third-order valence-corrected chi connectivity index (χ3v) is 5.68. The van der Waals surface area contributed by atoms with Crippen molar-refractivity contribution < 1.29 is 27.1 Å². The molecule has 0 radical (unpaired) electrons. The lowest BCUT2D eigenvalue weighted by Gasteiger charge is -2.11. The Morgan fingerprint density at radius 3 is 2.59 bits per heavy atom. The van der Waals surface area contributed by atoms with Crippen molar-refractivity contribution in [3.63, 3.8) is 0 Å². The predicted molar refractivity (Wildman–Crippen MR) is 96.1 cm³/mol. The number of rotatable bonds is 7. The maximum absolute atomic E-state index is 13.5. The van der Waals surface area contributed by atoms with Gasteiger partial charge in [0.1, 0.15) is 12.4 Å². The average Bonchev–Trinajstić information content (AvgIpc) is 3.19. The number of esters is 1. The van der Waals surface area contributed by atoms with Gasteiger partial charge < -0.3 is 9.47 Å². The van der Waals surface area contributed by atoms with Crippen LogP contribution >= 0.6 is 0 Å². The van der Waals surface area contributed by atoms with E-state index >= 15 is 0 Å². The van der Waals surface area contributed by atoms with E-state index < -0.39 is 21.8 Å². The Bertz CT molecular complexity index is 893. The van der Waals surface area contributed by atoms with E-state index in [4.69, 9.17) is 9.47 Å². The number of halogens is 1. The van der Waals surface area contributed by atoms with Gasteiger partial charge in [-0.3, -0.25) is 0 Å². The smallest absolute Gasteiger partial charge is 0.338 e. The van der Waals surface area contributed by atoms with Crippen molar-refractivity contribution in [1.82, 2.24) is 4.72 Å². The Morgan fingerprint density at radius 1 is 1.19 bits per heavy atom. The summed E-state index contributed by atoms with van der Waals surface area (Å²) in [6.45, 7) is 0.666. The third-order valence-electron chi connectivity index (χ3n) is 4.24. The Labute approximate surface area is 157 Å². The molecular weight excluding hydrogens is 373 g/mol. The highest BCUT2D eigenvalue weighted by molar-refractivity contribution is 7.89. The van der Waals surface area contributed by atoms with E-state index in [1.807, 2.05) is 0 Å². The molecule has 0 aromatic heterocycles. The molecule has 1 heterocycles. The number of ether oxygens (including phenoxy) is 2. The molecule has 0 spiro atoms. The van der Waals surface area contributed by atoms with Crippen LogP contribution in [-0.4, -0.2) is 33.6 Å². The molecule has 2 aromatic carbocycles. The van der Waals surface area contributed by atoms with E-state index in [1.54, 1.807) is 12.1 Å². The van der Waals surface area contributed by atoms with Crippen LogP contribution in [0.4, 0.5) is 4.39 Å². The minimum atomic E-state index is -3.68. The number of carbonyl (C=O) groups is 1. The molecule has 27 heavy (non-hydrogen) atoms. The van der Waals surface area contributed by atoms with Crippen molar-refractivity contribution in [2.75, 3.05) is 13.2 Å². The molecule has 1 fully saturated rings. The summed E-state index contributed by atoms with van der Waals surface area (Å²) in [4.78, 5) is 12.1. The van der Waals surface area contributed by atoms with Crippen LogP contribution in [-0.2, 0) is 26.1 Å². The highest BCUT2D eigenvalue weighted by Crippen LogP contribution is 2.15. The monoisotopic (exact) mass is 393 g/mol. The summed E-state index contributed by atoms with van der Waals surface area (Å²) < 4.78 is 51.1. The molecule has 1 N–H and O–H groups in total. The molecule has 2 aromatic rings. The first-order valence-corrected chi connectivity index (χ1v) is 10.1. The highest BCUT2D eigenvalue weighted by atomic mass is 32.2. The summed E-state index contributed by atoms with van der Waals surface area (Å²) in [7, 11) is -3.68. The number of benzene rings is 2. The second-order valence-electron chi connectivity index (χ2n) is 6.18. The number of hydrogen-bond donors (Lipinski definition) is 1. The number of hydrogen-bond acceptors (Lipinski definition) is 5. The fraction of sp³-hybridized carbons (Fsp3) is 0.316. The van der Waals surface area contributed by atoms with E-state index in [9.17, 15) is 17.6 Å². The summed E-state index contributed by atoms with van der Waals surface area (Å²) >= 11 is 0. The minimum absolute atomic E-state index is 0.0474. The zero-order chi connectivity index (χ0) is 19.3. The van der Waals surface area contributed by atoms with Gasteiger partial charge in [-0.1, -0.05) is 18.2 Å². The summed E-state index contributed by atoms with van der Waals surface area (Å²) in [5, 5.41) is 0. The predicted octanol–water partition coefficient (Wildman–Crippen LogP) is 2.64. The fourth-order valence-corrected chi connectivity index (χ4v) is 3.77. The quantitative estimate of drug-likeness (QED) is 0.732. The van der Waals surface area contributed by atoms with Crippen LogP contribution < -0.4 is 4.72 Å². The first-order valence-electron chi connectivity index (χ1n) is 8.57. The van der Waals surface area contributed by atoms with Crippen molar-refractivity contribution >= 4 is 16.0 Å². The van der Waals surface area contributed by atoms with Gasteiger partial charge in [-0.05, 0) is 43.2 Å². The SMILES string of the molecule is O=C(OCc1ccccc1F)c1ccc(S(=O)(=O)NCC2CCCO2)cc1. The zero-order valence-corrected chi connectivity index (χ0v) is 15.4. The van der Waals surface area contributed by atoms with Gasteiger partial charge in [0.25, 0.3) is 0 Å². The second kappa shape index (κ2) is 8.60. The average molecular weight is 393 g/mol. The van der Waals surface area contributed by atoms with Crippen molar-refractivity contribution in [1.29, 1.82) is 0 Å². The molecule has 0 bridgehead atoms. The first kappa shape index (κ1) is 19.5. The lowest BCUT2D eigenvalue weighted by atomic mass is 10.2. The molecule has 1 unspecified atom stereocenters. The van der Waals surface area contributed by atoms with Gasteiger partial charge in [0.2, 0.25) is 10.0 Å². The molecule has 1 aliphatic heterocycles. The minimum Gasteiger partial charge on any atom is -0.457 e. The standard InChI is InChI=1S/C19H20FNO5S/c20-18-6-2-1-4-15(18)13-26-19(22)14-7-9-17(10-8-14)27(23,24)21-12-16-5-3-11-25-16/h1-2,4,6-10,16,21H,3,5,11-13H2. The normalized spacial score (nSPS) is 17.0. The van der Waals surface area contributed by atoms with E-state index in [0.29, 0.717) is 6.61 Å². The molecule has 1 aliphatic rings. The van der Waals surface area contributed by atoms with Gasteiger partial charge in [0, 0.05) is 18.7 Å². The summed E-state index contributed by atoms with van der Waals surface area (Å²) in [6, 6.07) is 11.4. The summed E-state index contributed by atoms with van der Waals surface area (Å²) in [5.41, 5.74) is 0.452. The lowest BCUT2D eigenvalue weighted by Crippen LogP contribution is -2.31. The van der Waals surface area contributed by atoms with Crippen molar-refractivity contribution in [2.24, 2.45) is 0 Å². The van der Waals surface area contributed by atoms with Gasteiger partial charge in [-0.2, -0.15) is 0 Å². The van der Waals surface area contributed by atoms with Gasteiger partial charge in [-0.25, -0.2) is 22.3 Å². The second-order valence-corrected chi connectivity index (χ2v) is 7.95. The molecular formula is C19H20FNO5S. The zero-order valence-electron chi connectivity index (χ0n) is 14.6. The van der Waals surface area contributed by atoms with E-state index in [2.05, 4.69) is 4.72 Å². The van der Waals surface area contributed by atoms with Gasteiger partial charge >= 0.3 is 5.97 Å². The first-order chi connectivity index (χ1) is 13.0. The molecule has 8 heteroatoms. The largest absolute Gasteiger partial charge is 0.457 e. The van der Waals surface area contributed by atoms with Crippen LogP contribution in [0.1, 0.15) is 28.8 Å². The molecule has 0 aliphatic carbocycles. The molecule has 0 amide bonds. The van der Waals surface area contributed by atoms with Crippen LogP contribution in [0.2, 0.25) is 0 Å². The summed E-state index contributed by atoms with van der Waals surface area (Å²) in [5.74, 6) is -1.11. The van der Waals surface area contributed by atoms with Crippen LogP contribution in [0.3, 0.4) is 0 Å². The highest BCUT2D eigenvalue weighted by Gasteiger charge is 2.20. The van der Waals surface area contributed by atoms with Crippen molar-refractivity contribution in [3.05, 3.63) is 65.5 Å². The lowest BCUT2D eigenvalue weighted by molar-refractivity contribution is 0.0469. The van der Waals surface area contributed by atoms with Crippen LogP contribution in [0.5, 0.6) is 0 Å². The molecule has 144 valence electrons. The van der Waals surface area contributed by atoms with Crippen molar-refractivity contribution in [2.45, 2.75) is 30.4 Å². The Morgan fingerprint density at radius 2 is 1.93 bits per heavy atom. The molecule has 0 saturated carbocycles. The van der Waals surface area contributed by atoms with Gasteiger partial charge in [0.15, 0.2) is 0 Å². The topological polar surface area (TPSA) is 81.7 Å². The number of carbonyl (C=O) groups excluding carboxylic acids is 1. The van der Waals surface area contributed by atoms with Crippen LogP contribution in [0, 0.1) is 5.82 Å². The van der Waals surface area contributed by atoms with Crippen molar-refractivity contribution in [3.8, 4) is 0 Å². The maximum atomic E-state index is 13.5. The van der Waals surface area contributed by atoms with E-state index in [1.165, 1.54) is 36.4 Å². The number of sulfonamides is 1. The summed E-state index contributed by atoms with van der Waals surface area (Å²) in [6.07, 6.45) is 1.65. The van der Waals surface area contributed by atoms with E-state index in [-0.39, 0.29) is 35.3 Å². The van der Waals surface area contributed by atoms with Crippen LogP contribution in [0.15, 0.2) is 53.4 Å². The molecule has 1 saturated heterocycles. The maximum Gasteiger partial charge on any atom is 0.338 e. The Hall–Kier alpha value is -2.29. The van der Waals surface area contributed by atoms with Crippen LogP contribution in [0.25, 0.3) is 0 Å². The van der Waals surface area contributed by atoms with Gasteiger partial charge in [0.05, 0.1) is 16.6 Å². The Balaban J connectivity index is 1.58. The molecule has 6 nitrogen and oxygen atoms in total. The molecule has 1 atom stereocenters. The molecule has 3 rings (SSSR count). The van der Waals surface area contributed by atoms with Gasteiger partial charge in [-0.15, -0.1) is 0 Å². The Kier molecular flexibility index (Phi) is 6.20. The number of nitrogens with one attached hydrogen (secondary N) is 1. The fourth-order valence-electron chi connectivity index (χ4n) is 2.70. The third kappa shape index (κ3) is 5.12.